The fraction of sp³-hybridized carbons (Fsp3) is 0.462. The number of halogens is 1. The van der Waals surface area contributed by atoms with Crippen molar-refractivity contribution in [2.75, 3.05) is 13.7 Å². The van der Waals surface area contributed by atoms with Gasteiger partial charge in [-0.15, -0.1) is 0 Å². The lowest BCUT2D eigenvalue weighted by Crippen LogP contribution is -2.43. The van der Waals surface area contributed by atoms with Crippen molar-refractivity contribution in [2.24, 2.45) is 0 Å². The maximum Gasteiger partial charge on any atom is 0.261 e. The number of amides is 1. The fourth-order valence-electron chi connectivity index (χ4n) is 1.44. The summed E-state index contributed by atoms with van der Waals surface area (Å²) in [5, 5.41) is 3.28. The molecule has 0 aliphatic heterocycles. The van der Waals surface area contributed by atoms with Gasteiger partial charge in [0.25, 0.3) is 5.91 Å². The average molecular weight is 272 g/mol. The number of nitrogens with one attached hydrogen (secondary N) is 1. The van der Waals surface area contributed by atoms with Crippen LogP contribution in [0.1, 0.15) is 13.8 Å². The molecule has 1 amide bonds. The van der Waals surface area contributed by atoms with E-state index >= 15 is 0 Å². The monoisotopic (exact) mass is 271 g/mol. The average Bonchev–Trinajstić information content (AvgIpc) is 2.32. The third kappa shape index (κ3) is 4.55. The Morgan fingerprint density at radius 3 is 2.67 bits per heavy atom. The van der Waals surface area contributed by atoms with E-state index in [4.69, 9.17) is 21.1 Å². The smallest absolute Gasteiger partial charge is 0.261 e. The van der Waals surface area contributed by atoms with Crippen molar-refractivity contribution in [3.8, 4) is 5.75 Å². The molecule has 1 aromatic rings. The molecule has 0 saturated heterocycles. The molecular weight excluding hydrogens is 254 g/mol. The zero-order valence-electron chi connectivity index (χ0n) is 10.8. The van der Waals surface area contributed by atoms with Crippen molar-refractivity contribution in [1.82, 2.24) is 5.32 Å². The second-order valence-corrected chi connectivity index (χ2v) is 4.46. The number of benzene rings is 1. The first-order valence-corrected chi connectivity index (χ1v) is 6.13. The highest BCUT2D eigenvalue weighted by atomic mass is 35.5. The Morgan fingerprint density at radius 2 is 2.06 bits per heavy atom. The minimum Gasteiger partial charge on any atom is -0.479 e. The molecule has 1 N–H and O–H groups in total. The Bertz CT molecular complexity index is 398. The van der Waals surface area contributed by atoms with Crippen LogP contribution < -0.4 is 10.1 Å². The molecule has 0 unspecified atom stereocenters. The SMILES string of the molecule is COC[C@H](C)NC(=O)[C@@H](C)Oc1ccccc1Cl. The molecule has 1 rings (SSSR count). The topological polar surface area (TPSA) is 47.6 Å². The number of ether oxygens (including phenoxy) is 2. The Kier molecular flexibility index (Phi) is 5.95. The van der Waals surface area contributed by atoms with Crippen molar-refractivity contribution in [1.29, 1.82) is 0 Å². The molecular formula is C13H18ClNO3. The van der Waals surface area contributed by atoms with Gasteiger partial charge in [0.2, 0.25) is 0 Å². The number of carbonyl (C=O) groups excluding carboxylic acids is 1. The first-order valence-electron chi connectivity index (χ1n) is 5.75. The molecule has 0 radical (unpaired) electrons. The lowest BCUT2D eigenvalue weighted by Gasteiger charge is -2.18. The molecule has 0 aromatic heterocycles. The predicted molar refractivity (Wildman–Crippen MR) is 71.0 cm³/mol. The second-order valence-electron chi connectivity index (χ2n) is 4.06. The van der Waals surface area contributed by atoms with Crippen molar-refractivity contribution in [2.45, 2.75) is 26.0 Å². The molecule has 1 aromatic carbocycles. The van der Waals surface area contributed by atoms with E-state index in [1.54, 1.807) is 38.3 Å². The zero-order valence-corrected chi connectivity index (χ0v) is 11.5. The van der Waals surface area contributed by atoms with Crippen LogP contribution in [0.3, 0.4) is 0 Å². The van der Waals surface area contributed by atoms with Crippen molar-refractivity contribution in [3.05, 3.63) is 29.3 Å². The largest absolute Gasteiger partial charge is 0.479 e. The number of rotatable bonds is 6. The first-order chi connectivity index (χ1) is 8.54. The third-order valence-corrected chi connectivity index (χ3v) is 2.63. The predicted octanol–water partition coefficient (Wildman–Crippen LogP) is 2.26. The van der Waals surface area contributed by atoms with Crippen LogP contribution in [0, 0.1) is 0 Å². The Morgan fingerprint density at radius 1 is 1.39 bits per heavy atom. The summed E-state index contributed by atoms with van der Waals surface area (Å²) < 4.78 is 10.4. The van der Waals surface area contributed by atoms with Gasteiger partial charge in [0.05, 0.1) is 11.6 Å². The van der Waals surface area contributed by atoms with Crippen molar-refractivity contribution in [3.63, 3.8) is 0 Å². The van der Waals surface area contributed by atoms with Crippen LogP contribution in [-0.2, 0) is 9.53 Å². The molecule has 2 atom stereocenters. The molecule has 0 fully saturated rings. The van der Waals surface area contributed by atoms with E-state index < -0.39 is 6.10 Å². The van der Waals surface area contributed by atoms with Crippen LogP contribution in [0.15, 0.2) is 24.3 Å². The summed E-state index contributed by atoms with van der Waals surface area (Å²) >= 11 is 5.95. The highest BCUT2D eigenvalue weighted by Crippen LogP contribution is 2.24. The fourth-order valence-corrected chi connectivity index (χ4v) is 1.62. The quantitative estimate of drug-likeness (QED) is 0.863. The van der Waals surface area contributed by atoms with E-state index in [2.05, 4.69) is 5.32 Å². The molecule has 5 heteroatoms. The van der Waals surface area contributed by atoms with Gasteiger partial charge >= 0.3 is 0 Å². The summed E-state index contributed by atoms with van der Waals surface area (Å²) in [5.74, 6) is 0.306. The number of para-hydroxylation sites is 1. The van der Waals surface area contributed by atoms with Gasteiger partial charge in [-0.05, 0) is 26.0 Å². The van der Waals surface area contributed by atoms with E-state index in [-0.39, 0.29) is 11.9 Å². The van der Waals surface area contributed by atoms with Crippen LogP contribution in [0.25, 0.3) is 0 Å². The van der Waals surface area contributed by atoms with Gasteiger partial charge in [0.1, 0.15) is 5.75 Å². The molecule has 0 aliphatic carbocycles. The molecule has 0 aliphatic rings. The van der Waals surface area contributed by atoms with Gasteiger partial charge in [-0.1, -0.05) is 23.7 Å². The van der Waals surface area contributed by atoms with Crippen LogP contribution in [-0.4, -0.2) is 31.8 Å². The van der Waals surface area contributed by atoms with Crippen LogP contribution in [0.5, 0.6) is 5.75 Å². The molecule has 0 bridgehead atoms. The number of hydrogen-bond acceptors (Lipinski definition) is 3. The van der Waals surface area contributed by atoms with Crippen molar-refractivity contribution < 1.29 is 14.3 Å². The summed E-state index contributed by atoms with van der Waals surface area (Å²) in [4.78, 5) is 11.8. The van der Waals surface area contributed by atoms with Gasteiger partial charge in [-0.3, -0.25) is 4.79 Å². The highest BCUT2D eigenvalue weighted by molar-refractivity contribution is 6.32. The summed E-state index contributed by atoms with van der Waals surface area (Å²) in [6.45, 7) is 4.01. The summed E-state index contributed by atoms with van der Waals surface area (Å²) in [6.07, 6.45) is -0.607. The van der Waals surface area contributed by atoms with Gasteiger partial charge in [0, 0.05) is 13.2 Å². The number of hydrogen-bond donors (Lipinski definition) is 1. The summed E-state index contributed by atoms with van der Waals surface area (Å²) in [7, 11) is 1.59. The maximum absolute atomic E-state index is 11.8. The van der Waals surface area contributed by atoms with Gasteiger partial charge < -0.3 is 14.8 Å². The molecule has 100 valence electrons. The van der Waals surface area contributed by atoms with Crippen LogP contribution in [0.4, 0.5) is 0 Å². The van der Waals surface area contributed by atoms with E-state index in [1.807, 2.05) is 6.92 Å². The highest BCUT2D eigenvalue weighted by Gasteiger charge is 2.17. The molecule has 4 nitrogen and oxygen atoms in total. The van der Waals surface area contributed by atoms with E-state index in [0.29, 0.717) is 17.4 Å². The standard InChI is InChI=1S/C13H18ClNO3/c1-9(8-17-3)15-13(16)10(2)18-12-7-5-4-6-11(12)14/h4-7,9-10H,8H2,1-3H3,(H,15,16)/t9-,10+/m0/s1. The molecule has 0 saturated carbocycles. The minimum atomic E-state index is -0.607. The molecule has 18 heavy (non-hydrogen) atoms. The van der Waals surface area contributed by atoms with Gasteiger partial charge in [-0.2, -0.15) is 0 Å². The minimum absolute atomic E-state index is 0.0557. The number of methoxy groups -OCH3 is 1. The van der Waals surface area contributed by atoms with E-state index in [1.165, 1.54) is 0 Å². The maximum atomic E-state index is 11.8. The van der Waals surface area contributed by atoms with Crippen LogP contribution in [0.2, 0.25) is 5.02 Å². The van der Waals surface area contributed by atoms with Crippen molar-refractivity contribution >= 4 is 17.5 Å². The van der Waals surface area contributed by atoms with Gasteiger partial charge in [-0.25, -0.2) is 0 Å². The summed E-state index contributed by atoms with van der Waals surface area (Å²) in [6, 6.07) is 7.00. The van der Waals surface area contributed by atoms with Crippen LogP contribution >= 0.6 is 11.6 Å². The van der Waals surface area contributed by atoms with E-state index in [9.17, 15) is 4.79 Å². The first kappa shape index (κ1) is 14.8. The lowest BCUT2D eigenvalue weighted by atomic mass is 10.3. The number of carbonyl (C=O) groups is 1. The third-order valence-electron chi connectivity index (χ3n) is 2.31. The zero-order chi connectivity index (χ0) is 13.5. The van der Waals surface area contributed by atoms with E-state index in [0.717, 1.165) is 0 Å². The Balaban J connectivity index is 2.52. The lowest BCUT2D eigenvalue weighted by molar-refractivity contribution is -0.128. The normalized spacial score (nSPS) is 13.8. The molecule has 0 spiro atoms. The second kappa shape index (κ2) is 7.24. The molecule has 0 heterocycles. The Labute approximate surface area is 112 Å². The summed E-state index contributed by atoms with van der Waals surface area (Å²) in [5.41, 5.74) is 0. The van der Waals surface area contributed by atoms with Gasteiger partial charge in [0.15, 0.2) is 6.10 Å². The Hall–Kier alpha value is -1.26.